The monoisotopic (exact) mass is 217 g/mol. The average molecular weight is 217 g/mol. The molecule has 4 nitrogen and oxygen atoms in total. The first kappa shape index (κ1) is 10.4. The lowest BCUT2D eigenvalue weighted by Crippen LogP contribution is -2.30. The molecule has 1 aromatic rings. The summed E-state index contributed by atoms with van der Waals surface area (Å²) in [6, 6.07) is 3.18. The molecular formula is C12H11NO3. The fourth-order valence-electron chi connectivity index (χ4n) is 1.66. The quantitative estimate of drug-likeness (QED) is 0.724. The lowest BCUT2D eigenvalue weighted by molar-refractivity contribution is -0.119. The van der Waals surface area contributed by atoms with Crippen molar-refractivity contribution in [2.75, 3.05) is 4.90 Å². The molecule has 0 spiro atoms. The molecule has 0 unspecified atom stereocenters. The van der Waals surface area contributed by atoms with Crippen LogP contribution >= 0.6 is 0 Å². The van der Waals surface area contributed by atoms with E-state index in [1.165, 1.54) is 12.2 Å². The molecule has 0 aromatic heterocycles. The van der Waals surface area contributed by atoms with E-state index in [1.807, 2.05) is 0 Å². The van der Waals surface area contributed by atoms with Crippen LogP contribution in [0.4, 0.5) is 5.69 Å². The number of aromatic hydroxyl groups is 1. The van der Waals surface area contributed by atoms with Crippen LogP contribution in [0, 0.1) is 13.8 Å². The van der Waals surface area contributed by atoms with E-state index in [-0.39, 0.29) is 17.6 Å². The minimum absolute atomic E-state index is 0.160. The van der Waals surface area contributed by atoms with Gasteiger partial charge < -0.3 is 5.11 Å². The summed E-state index contributed by atoms with van der Waals surface area (Å²) in [4.78, 5) is 24.1. The van der Waals surface area contributed by atoms with Crippen LogP contribution < -0.4 is 4.90 Å². The van der Waals surface area contributed by atoms with E-state index < -0.39 is 0 Å². The molecule has 16 heavy (non-hydrogen) atoms. The van der Waals surface area contributed by atoms with Gasteiger partial charge in [0.15, 0.2) is 0 Å². The topological polar surface area (TPSA) is 57.6 Å². The van der Waals surface area contributed by atoms with Crippen molar-refractivity contribution in [2.24, 2.45) is 0 Å². The number of imide groups is 1. The molecule has 0 bridgehead atoms. The Hall–Kier alpha value is -2.10. The zero-order valence-electron chi connectivity index (χ0n) is 9.02. The molecule has 0 fully saturated rings. The number of carbonyl (C=O) groups is 2. The molecule has 0 saturated heterocycles. The number of hydrogen-bond acceptors (Lipinski definition) is 3. The number of phenolic OH excluding ortho intramolecular Hbond substituents is 1. The Labute approximate surface area is 92.8 Å². The highest BCUT2D eigenvalue weighted by molar-refractivity contribution is 6.28. The Morgan fingerprint density at radius 2 is 1.56 bits per heavy atom. The highest BCUT2D eigenvalue weighted by Gasteiger charge is 2.26. The van der Waals surface area contributed by atoms with Gasteiger partial charge in [-0.1, -0.05) is 0 Å². The van der Waals surface area contributed by atoms with Crippen LogP contribution in [0.25, 0.3) is 0 Å². The Bertz CT molecular complexity index is 499. The normalized spacial score (nSPS) is 15.0. The third-order valence-corrected chi connectivity index (χ3v) is 2.56. The summed E-state index contributed by atoms with van der Waals surface area (Å²) in [5, 5.41) is 9.50. The van der Waals surface area contributed by atoms with E-state index in [0.29, 0.717) is 16.8 Å². The second-order valence-corrected chi connectivity index (χ2v) is 3.77. The molecule has 2 amide bonds. The van der Waals surface area contributed by atoms with Gasteiger partial charge in [0.1, 0.15) is 5.75 Å². The van der Waals surface area contributed by atoms with Crippen molar-refractivity contribution in [2.45, 2.75) is 13.8 Å². The van der Waals surface area contributed by atoms with Gasteiger partial charge in [-0.2, -0.15) is 0 Å². The Kier molecular flexibility index (Phi) is 2.27. The van der Waals surface area contributed by atoms with Gasteiger partial charge >= 0.3 is 0 Å². The number of carbonyl (C=O) groups excluding carboxylic acids is 2. The van der Waals surface area contributed by atoms with Gasteiger partial charge in [0.25, 0.3) is 11.8 Å². The van der Waals surface area contributed by atoms with E-state index >= 15 is 0 Å². The number of anilines is 1. The highest BCUT2D eigenvalue weighted by atomic mass is 16.3. The molecule has 1 aromatic carbocycles. The first-order valence-corrected chi connectivity index (χ1v) is 4.87. The molecule has 1 aliphatic heterocycles. The van der Waals surface area contributed by atoms with Crippen molar-refractivity contribution in [1.29, 1.82) is 0 Å². The van der Waals surface area contributed by atoms with Crippen molar-refractivity contribution in [3.05, 3.63) is 35.4 Å². The smallest absolute Gasteiger partial charge is 0.258 e. The van der Waals surface area contributed by atoms with Crippen LogP contribution in [0.1, 0.15) is 11.1 Å². The standard InChI is InChI=1S/C12H11NO3/c1-7-6-10(14)8(2)5-9(7)13-11(15)3-4-12(13)16/h3-6,14H,1-2H3. The first-order chi connectivity index (χ1) is 7.50. The number of rotatable bonds is 1. The summed E-state index contributed by atoms with van der Waals surface area (Å²) in [5.74, 6) is -0.537. The predicted molar refractivity (Wildman–Crippen MR) is 59.2 cm³/mol. The lowest BCUT2D eigenvalue weighted by Gasteiger charge is -2.17. The third-order valence-electron chi connectivity index (χ3n) is 2.56. The highest BCUT2D eigenvalue weighted by Crippen LogP contribution is 2.29. The maximum Gasteiger partial charge on any atom is 0.258 e. The Morgan fingerprint density at radius 3 is 2.12 bits per heavy atom. The molecule has 0 aliphatic carbocycles. The molecule has 2 rings (SSSR count). The van der Waals surface area contributed by atoms with Gasteiger partial charge in [-0.3, -0.25) is 9.59 Å². The van der Waals surface area contributed by atoms with Crippen molar-refractivity contribution in [3.8, 4) is 5.75 Å². The number of hydrogen-bond donors (Lipinski definition) is 1. The van der Waals surface area contributed by atoms with Crippen molar-refractivity contribution < 1.29 is 14.7 Å². The Balaban J connectivity index is 2.53. The average Bonchev–Trinajstić information content (AvgIpc) is 2.53. The number of amides is 2. The van der Waals surface area contributed by atoms with Crippen molar-refractivity contribution >= 4 is 17.5 Å². The molecule has 4 heteroatoms. The number of aryl methyl sites for hydroxylation is 2. The first-order valence-electron chi connectivity index (χ1n) is 4.87. The lowest BCUT2D eigenvalue weighted by atomic mass is 10.1. The molecule has 1 aliphatic rings. The van der Waals surface area contributed by atoms with E-state index in [9.17, 15) is 14.7 Å². The van der Waals surface area contributed by atoms with Crippen LogP contribution in [0.15, 0.2) is 24.3 Å². The second-order valence-electron chi connectivity index (χ2n) is 3.77. The summed E-state index contributed by atoms with van der Waals surface area (Å²) in [5.41, 5.74) is 1.84. The van der Waals surface area contributed by atoms with Crippen molar-refractivity contribution in [3.63, 3.8) is 0 Å². The third kappa shape index (κ3) is 1.48. The fraction of sp³-hybridized carbons (Fsp3) is 0.167. The zero-order chi connectivity index (χ0) is 11.9. The predicted octanol–water partition coefficient (Wildman–Crippen LogP) is 1.44. The largest absolute Gasteiger partial charge is 0.508 e. The van der Waals surface area contributed by atoms with Gasteiger partial charge in [-0.15, -0.1) is 0 Å². The van der Waals surface area contributed by atoms with Gasteiger partial charge in [0.05, 0.1) is 5.69 Å². The maximum absolute atomic E-state index is 11.5. The molecule has 1 heterocycles. The van der Waals surface area contributed by atoms with Crippen LogP contribution in [0.3, 0.4) is 0 Å². The van der Waals surface area contributed by atoms with Gasteiger partial charge in [0.2, 0.25) is 0 Å². The molecule has 0 saturated carbocycles. The maximum atomic E-state index is 11.5. The molecule has 0 radical (unpaired) electrons. The minimum Gasteiger partial charge on any atom is -0.508 e. The van der Waals surface area contributed by atoms with E-state index in [2.05, 4.69) is 0 Å². The Morgan fingerprint density at radius 1 is 1.00 bits per heavy atom. The fourth-order valence-corrected chi connectivity index (χ4v) is 1.66. The zero-order valence-corrected chi connectivity index (χ0v) is 9.02. The van der Waals surface area contributed by atoms with Gasteiger partial charge in [-0.25, -0.2) is 4.90 Å². The number of benzene rings is 1. The summed E-state index contributed by atoms with van der Waals surface area (Å²) >= 11 is 0. The second kappa shape index (κ2) is 3.48. The van der Waals surface area contributed by atoms with E-state index in [4.69, 9.17) is 0 Å². The van der Waals surface area contributed by atoms with Crippen LogP contribution in [-0.2, 0) is 9.59 Å². The molecule has 82 valence electrons. The van der Waals surface area contributed by atoms with E-state index in [0.717, 1.165) is 4.90 Å². The van der Waals surface area contributed by atoms with Gasteiger partial charge in [0, 0.05) is 12.2 Å². The summed E-state index contributed by atoms with van der Waals surface area (Å²) in [6.07, 6.45) is 2.48. The van der Waals surface area contributed by atoms with Crippen molar-refractivity contribution in [1.82, 2.24) is 0 Å². The van der Waals surface area contributed by atoms with Crippen LogP contribution in [0.5, 0.6) is 5.75 Å². The van der Waals surface area contributed by atoms with Crippen LogP contribution in [0.2, 0.25) is 0 Å². The van der Waals surface area contributed by atoms with E-state index in [1.54, 1.807) is 26.0 Å². The summed E-state index contributed by atoms with van der Waals surface area (Å²) in [6.45, 7) is 3.46. The SMILES string of the molecule is Cc1cc(N2C(=O)C=CC2=O)c(C)cc1O. The number of phenols is 1. The summed E-state index contributed by atoms with van der Waals surface area (Å²) < 4.78 is 0. The molecule has 0 atom stereocenters. The molecular weight excluding hydrogens is 206 g/mol. The van der Waals surface area contributed by atoms with Crippen LogP contribution in [-0.4, -0.2) is 16.9 Å². The summed E-state index contributed by atoms with van der Waals surface area (Å²) in [7, 11) is 0. The number of nitrogens with zero attached hydrogens (tertiary/aromatic N) is 1. The van der Waals surface area contributed by atoms with Gasteiger partial charge in [-0.05, 0) is 37.1 Å². The minimum atomic E-state index is -0.349. The molecule has 1 N–H and O–H groups in total.